The van der Waals surface area contributed by atoms with E-state index >= 15 is 0 Å². The standard InChI is InChI=1S/C50H45NO/c1-9-49(10-2)43-30-34(51-8)24-26-39(43)44-37-16-11-12-17-38(37)46-40(45(44)49)27-28-50(52-46,32-21-19-31(20-22-32)47(3,4)5)33-23-25-36-35-15-13-14-18-41(35)48(6,7)42(36)29-33/h11-30H,9-10H2,1-7H3. The van der Waals surface area contributed by atoms with Crippen molar-refractivity contribution >= 4 is 22.5 Å². The molecule has 0 spiro atoms. The third-order valence-corrected chi connectivity index (χ3v) is 12.7. The van der Waals surface area contributed by atoms with Crippen molar-refractivity contribution in [1.82, 2.24) is 0 Å². The molecule has 52 heavy (non-hydrogen) atoms. The van der Waals surface area contributed by atoms with Gasteiger partial charge in [0.05, 0.1) is 6.57 Å². The van der Waals surface area contributed by atoms with Crippen LogP contribution in [-0.4, -0.2) is 0 Å². The highest BCUT2D eigenvalue weighted by molar-refractivity contribution is 6.08. The number of hydrogen-bond acceptors (Lipinski definition) is 1. The Bertz CT molecular complexity index is 2530. The minimum absolute atomic E-state index is 0.0352. The summed E-state index contributed by atoms with van der Waals surface area (Å²) in [5, 5.41) is 2.32. The summed E-state index contributed by atoms with van der Waals surface area (Å²) >= 11 is 0. The van der Waals surface area contributed by atoms with Crippen LogP contribution in [0.2, 0.25) is 0 Å². The van der Waals surface area contributed by atoms with Crippen LogP contribution in [0.25, 0.3) is 43.9 Å². The fourth-order valence-corrected chi connectivity index (χ4v) is 9.83. The third-order valence-electron chi connectivity index (χ3n) is 12.7. The van der Waals surface area contributed by atoms with Gasteiger partial charge >= 0.3 is 0 Å². The van der Waals surface area contributed by atoms with Gasteiger partial charge in [0.1, 0.15) is 5.75 Å². The quantitative estimate of drug-likeness (QED) is 0.170. The number of benzene rings is 6. The van der Waals surface area contributed by atoms with Crippen LogP contribution in [0.3, 0.4) is 0 Å². The molecule has 6 aromatic carbocycles. The second-order valence-corrected chi connectivity index (χ2v) is 16.6. The van der Waals surface area contributed by atoms with Gasteiger partial charge in [-0.15, -0.1) is 0 Å². The van der Waals surface area contributed by atoms with Gasteiger partial charge in [-0.2, -0.15) is 0 Å². The van der Waals surface area contributed by atoms with Crippen LogP contribution < -0.4 is 4.74 Å². The smallest absolute Gasteiger partial charge is 0.187 e. The van der Waals surface area contributed by atoms with E-state index in [1.807, 2.05) is 6.07 Å². The number of hydrogen-bond donors (Lipinski definition) is 0. The van der Waals surface area contributed by atoms with Crippen molar-refractivity contribution in [2.75, 3.05) is 0 Å². The lowest BCUT2D eigenvalue weighted by molar-refractivity contribution is 0.163. The Hall–Kier alpha value is -5.39. The highest BCUT2D eigenvalue weighted by Gasteiger charge is 2.47. The van der Waals surface area contributed by atoms with Gasteiger partial charge < -0.3 is 4.74 Å². The van der Waals surface area contributed by atoms with E-state index < -0.39 is 5.60 Å². The van der Waals surface area contributed by atoms with Crippen LogP contribution >= 0.6 is 0 Å². The molecule has 0 saturated heterocycles. The molecule has 2 heteroatoms. The second-order valence-electron chi connectivity index (χ2n) is 16.6. The van der Waals surface area contributed by atoms with Crippen molar-refractivity contribution in [3.05, 3.63) is 171 Å². The molecule has 1 heterocycles. The maximum atomic E-state index is 7.85. The number of nitrogens with zero attached hydrogens (tertiary/aromatic N) is 1. The minimum Gasteiger partial charge on any atom is -0.472 e. The monoisotopic (exact) mass is 675 g/mol. The van der Waals surface area contributed by atoms with Gasteiger partial charge in [0.2, 0.25) is 0 Å². The average Bonchev–Trinajstić information content (AvgIpc) is 3.59. The van der Waals surface area contributed by atoms with E-state index in [1.54, 1.807) is 0 Å². The second kappa shape index (κ2) is 11.1. The third kappa shape index (κ3) is 4.23. The van der Waals surface area contributed by atoms with E-state index in [1.165, 1.54) is 55.5 Å². The van der Waals surface area contributed by atoms with Gasteiger partial charge in [0, 0.05) is 32.9 Å². The highest BCUT2D eigenvalue weighted by Crippen LogP contribution is 2.61. The zero-order chi connectivity index (χ0) is 36.2. The van der Waals surface area contributed by atoms with Crippen molar-refractivity contribution in [3.8, 4) is 28.0 Å². The Morgan fingerprint density at radius 1 is 0.673 bits per heavy atom. The molecular formula is C50H45NO. The molecule has 0 radical (unpaired) electrons. The molecule has 0 N–H and O–H groups in total. The molecule has 1 atom stereocenters. The van der Waals surface area contributed by atoms with Gasteiger partial charge in [-0.3, -0.25) is 0 Å². The van der Waals surface area contributed by atoms with Crippen molar-refractivity contribution < 1.29 is 4.74 Å². The topological polar surface area (TPSA) is 13.6 Å². The largest absolute Gasteiger partial charge is 0.472 e. The fraction of sp³-hybridized carbons (Fsp3) is 0.260. The van der Waals surface area contributed by atoms with Gasteiger partial charge in [0.25, 0.3) is 0 Å². The lowest BCUT2D eigenvalue weighted by atomic mass is 9.71. The van der Waals surface area contributed by atoms with E-state index in [4.69, 9.17) is 11.3 Å². The van der Waals surface area contributed by atoms with Crippen LogP contribution in [0.1, 0.15) is 106 Å². The number of rotatable bonds is 4. The van der Waals surface area contributed by atoms with Crippen molar-refractivity contribution in [1.29, 1.82) is 0 Å². The van der Waals surface area contributed by atoms with E-state index in [2.05, 4.69) is 169 Å². The van der Waals surface area contributed by atoms with Crippen LogP contribution in [0, 0.1) is 6.57 Å². The molecule has 0 saturated carbocycles. The first-order valence-corrected chi connectivity index (χ1v) is 18.8. The summed E-state index contributed by atoms with van der Waals surface area (Å²) in [5.41, 5.74) is 14.7. The SMILES string of the molecule is [C-]#[N+]c1ccc2c(c1)C(CC)(CC)c1c3c(c4ccccc4c1-2)OC(c1ccc(C(C)(C)C)cc1)(c1ccc2c(c1)C(C)(C)c1ccccc1-2)C=C3. The molecule has 1 aliphatic heterocycles. The lowest BCUT2D eigenvalue weighted by Crippen LogP contribution is -2.36. The van der Waals surface area contributed by atoms with Crippen LogP contribution in [-0.2, 0) is 21.8 Å². The molecule has 3 aliphatic rings. The molecule has 2 nitrogen and oxygen atoms in total. The maximum Gasteiger partial charge on any atom is 0.187 e. The van der Waals surface area contributed by atoms with E-state index in [0.29, 0.717) is 5.69 Å². The average molecular weight is 676 g/mol. The first-order chi connectivity index (χ1) is 25.0. The molecule has 1 unspecified atom stereocenters. The summed E-state index contributed by atoms with van der Waals surface area (Å²) in [7, 11) is 0. The first-order valence-electron chi connectivity index (χ1n) is 18.8. The van der Waals surface area contributed by atoms with E-state index in [0.717, 1.165) is 40.7 Å². The van der Waals surface area contributed by atoms with Gasteiger partial charge in [-0.25, -0.2) is 4.85 Å². The van der Waals surface area contributed by atoms with Crippen LogP contribution in [0.5, 0.6) is 5.75 Å². The Labute approximate surface area is 308 Å². The van der Waals surface area contributed by atoms with Gasteiger partial charge in [-0.05, 0) is 85.9 Å². The molecule has 0 aromatic heterocycles. The Morgan fingerprint density at radius 3 is 2.04 bits per heavy atom. The van der Waals surface area contributed by atoms with Crippen molar-refractivity contribution in [3.63, 3.8) is 0 Å². The summed E-state index contributed by atoms with van der Waals surface area (Å²) < 4.78 is 7.75. The molecule has 0 amide bonds. The molecule has 6 aromatic rings. The van der Waals surface area contributed by atoms with Crippen molar-refractivity contribution in [2.24, 2.45) is 0 Å². The molecule has 2 aliphatic carbocycles. The minimum atomic E-state index is -0.857. The van der Waals surface area contributed by atoms with E-state index in [-0.39, 0.29) is 16.2 Å². The Kier molecular flexibility index (Phi) is 6.91. The summed E-state index contributed by atoms with van der Waals surface area (Å²) in [5.74, 6) is 0.935. The summed E-state index contributed by atoms with van der Waals surface area (Å²) in [6.45, 7) is 24.0. The summed E-state index contributed by atoms with van der Waals surface area (Å²) in [6.07, 6.45) is 6.57. The fourth-order valence-electron chi connectivity index (χ4n) is 9.83. The van der Waals surface area contributed by atoms with Crippen molar-refractivity contribution in [2.45, 2.75) is 83.2 Å². The number of fused-ring (bicyclic) bond motifs is 11. The Morgan fingerprint density at radius 2 is 1.33 bits per heavy atom. The first kappa shape index (κ1) is 32.5. The predicted molar refractivity (Wildman–Crippen MR) is 217 cm³/mol. The normalized spacial score (nSPS) is 18.5. The van der Waals surface area contributed by atoms with Gasteiger partial charge in [0.15, 0.2) is 11.3 Å². The zero-order valence-corrected chi connectivity index (χ0v) is 31.3. The summed E-state index contributed by atoms with van der Waals surface area (Å²) in [6, 6.07) is 40.1. The molecule has 0 bridgehead atoms. The number of ether oxygens (including phenoxy) is 1. The van der Waals surface area contributed by atoms with Gasteiger partial charge in [-0.1, -0.05) is 158 Å². The molecule has 9 rings (SSSR count). The highest BCUT2D eigenvalue weighted by atomic mass is 16.5. The predicted octanol–water partition coefficient (Wildman–Crippen LogP) is 13.4. The summed E-state index contributed by atoms with van der Waals surface area (Å²) in [4.78, 5) is 3.86. The molecular weight excluding hydrogens is 631 g/mol. The van der Waals surface area contributed by atoms with E-state index in [9.17, 15) is 0 Å². The molecule has 0 fully saturated rings. The van der Waals surface area contributed by atoms with Crippen LogP contribution in [0.15, 0.2) is 115 Å². The maximum absolute atomic E-state index is 7.85. The van der Waals surface area contributed by atoms with Crippen LogP contribution in [0.4, 0.5) is 5.69 Å². The zero-order valence-electron chi connectivity index (χ0n) is 31.3. The lowest BCUT2D eigenvalue weighted by Gasteiger charge is -2.40. The molecule has 256 valence electrons. The Balaban J connectivity index is 1.33.